The van der Waals surface area contributed by atoms with Crippen LogP contribution in [0.25, 0.3) is 11.0 Å². The lowest BCUT2D eigenvalue weighted by molar-refractivity contribution is 0.0996. The lowest BCUT2D eigenvalue weighted by Gasteiger charge is -2.10. The summed E-state index contributed by atoms with van der Waals surface area (Å²) in [5.74, 6) is -0.190. The van der Waals surface area contributed by atoms with Gasteiger partial charge in [-0.2, -0.15) is 5.10 Å². The SMILES string of the molecule is Cc1ccc2oc(C(=O)Nc3ccnn3Cc3ccc(Cl)cc3Cl)cc(=O)c2c1. The number of halogens is 2. The Morgan fingerprint density at radius 3 is 2.76 bits per heavy atom. The van der Waals surface area contributed by atoms with Crippen molar-refractivity contribution in [2.75, 3.05) is 5.32 Å². The molecular formula is C21H15Cl2N3O3. The van der Waals surface area contributed by atoms with E-state index in [0.717, 1.165) is 11.1 Å². The quantitative estimate of drug-likeness (QED) is 0.501. The molecule has 0 saturated heterocycles. The minimum atomic E-state index is -0.548. The van der Waals surface area contributed by atoms with Gasteiger partial charge in [-0.3, -0.25) is 9.59 Å². The van der Waals surface area contributed by atoms with Gasteiger partial charge >= 0.3 is 0 Å². The van der Waals surface area contributed by atoms with Gasteiger partial charge < -0.3 is 9.73 Å². The number of benzene rings is 2. The number of nitrogens with zero attached hydrogens (tertiary/aromatic N) is 2. The highest BCUT2D eigenvalue weighted by atomic mass is 35.5. The van der Waals surface area contributed by atoms with Gasteiger partial charge in [0.15, 0.2) is 11.2 Å². The Labute approximate surface area is 175 Å². The summed E-state index contributed by atoms with van der Waals surface area (Å²) in [4.78, 5) is 25.0. The Bertz CT molecular complexity index is 1290. The molecule has 0 atom stereocenters. The normalized spacial score (nSPS) is 11.0. The minimum Gasteiger partial charge on any atom is -0.451 e. The maximum atomic E-state index is 12.7. The van der Waals surface area contributed by atoms with Crippen LogP contribution in [-0.2, 0) is 6.54 Å². The van der Waals surface area contributed by atoms with Crippen LogP contribution >= 0.6 is 23.2 Å². The van der Waals surface area contributed by atoms with Crippen LogP contribution in [-0.4, -0.2) is 15.7 Å². The van der Waals surface area contributed by atoms with Gasteiger partial charge in [-0.25, -0.2) is 4.68 Å². The van der Waals surface area contributed by atoms with Crippen molar-refractivity contribution in [2.24, 2.45) is 0 Å². The first kappa shape index (κ1) is 19.2. The van der Waals surface area contributed by atoms with E-state index in [1.807, 2.05) is 13.0 Å². The number of carbonyl (C=O) groups is 1. The maximum Gasteiger partial charge on any atom is 0.292 e. The van der Waals surface area contributed by atoms with Gasteiger partial charge in [0, 0.05) is 22.2 Å². The summed E-state index contributed by atoms with van der Waals surface area (Å²) >= 11 is 12.2. The largest absolute Gasteiger partial charge is 0.451 e. The lowest BCUT2D eigenvalue weighted by atomic mass is 10.1. The predicted octanol–water partition coefficient (Wildman–Crippen LogP) is 4.91. The summed E-state index contributed by atoms with van der Waals surface area (Å²) in [5, 5.41) is 8.41. The van der Waals surface area contributed by atoms with Crippen LogP contribution in [0.3, 0.4) is 0 Å². The molecule has 4 aromatic rings. The second-order valence-electron chi connectivity index (χ2n) is 6.54. The van der Waals surface area contributed by atoms with Crippen LogP contribution < -0.4 is 10.7 Å². The summed E-state index contributed by atoms with van der Waals surface area (Å²) < 4.78 is 7.20. The smallest absolute Gasteiger partial charge is 0.292 e. The number of aryl methyl sites for hydroxylation is 1. The third kappa shape index (κ3) is 4.04. The molecule has 2 aromatic heterocycles. The molecule has 0 radical (unpaired) electrons. The Morgan fingerprint density at radius 1 is 1.14 bits per heavy atom. The third-order valence-electron chi connectivity index (χ3n) is 4.40. The molecule has 0 fully saturated rings. The molecule has 29 heavy (non-hydrogen) atoms. The van der Waals surface area contributed by atoms with E-state index in [9.17, 15) is 9.59 Å². The van der Waals surface area contributed by atoms with E-state index in [2.05, 4.69) is 10.4 Å². The van der Waals surface area contributed by atoms with E-state index in [-0.39, 0.29) is 11.2 Å². The first-order valence-electron chi connectivity index (χ1n) is 8.72. The van der Waals surface area contributed by atoms with Crippen LogP contribution in [0.15, 0.2) is 63.9 Å². The molecule has 8 heteroatoms. The number of nitrogens with one attached hydrogen (secondary N) is 1. The maximum absolute atomic E-state index is 12.7. The number of fused-ring (bicyclic) bond motifs is 1. The number of amides is 1. The van der Waals surface area contributed by atoms with Gasteiger partial charge in [-0.05, 0) is 36.8 Å². The summed E-state index contributed by atoms with van der Waals surface area (Å²) in [6.45, 7) is 2.22. The van der Waals surface area contributed by atoms with Crippen LogP contribution in [0.2, 0.25) is 10.0 Å². The Hall–Kier alpha value is -3.09. The second-order valence-corrected chi connectivity index (χ2v) is 7.38. The van der Waals surface area contributed by atoms with Crippen LogP contribution in [0.1, 0.15) is 21.7 Å². The van der Waals surface area contributed by atoms with E-state index in [1.165, 1.54) is 6.07 Å². The zero-order valence-electron chi connectivity index (χ0n) is 15.3. The average molecular weight is 428 g/mol. The highest BCUT2D eigenvalue weighted by Crippen LogP contribution is 2.23. The van der Waals surface area contributed by atoms with E-state index < -0.39 is 5.91 Å². The summed E-state index contributed by atoms with van der Waals surface area (Å²) in [6.07, 6.45) is 1.55. The molecule has 146 valence electrons. The Kier molecular flexibility index (Phi) is 5.13. The first-order chi connectivity index (χ1) is 13.9. The van der Waals surface area contributed by atoms with Crippen LogP contribution in [0, 0.1) is 6.92 Å². The number of carbonyl (C=O) groups excluding carboxylic acids is 1. The fourth-order valence-corrected chi connectivity index (χ4v) is 3.40. The van der Waals surface area contributed by atoms with Crippen molar-refractivity contribution >= 4 is 45.9 Å². The van der Waals surface area contributed by atoms with Crippen molar-refractivity contribution < 1.29 is 9.21 Å². The van der Waals surface area contributed by atoms with Crippen molar-refractivity contribution in [2.45, 2.75) is 13.5 Å². The highest BCUT2D eigenvalue weighted by molar-refractivity contribution is 6.35. The molecule has 0 saturated carbocycles. The minimum absolute atomic E-state index is 0.0800. The lowest BCUT2D eigenvalue weighted by Crippen LogP contribution is -2.18. The number of hydrogen-bond donors (Lipinski definition) is 1. The van der Waals surface area contributed by atoms with Crippen molar-refractivity contribution in [1.29, 1.82) is 0 Å². The molecule has 2 aromatic carbocycles. The molecule has 1 amide bonds. The van der Waals surface area contributed by atoms with Crippen molar-refractivity contribution in [1.82, 2.24) is 9.78 Å². The number of rotatable bonds is 4. The van der Waals surface area contributed by atoms with E-state index in [0.29, 0.717) is 33.4 Å². The Morgan fingerprint density at radius 2 is 1.97 bits per heavy atom. The molecule has 0 aliphatic rings. The number of aromatic nitrogens is 2. The molecular weight excluding hydrogens is 413 g/mol. The first-order valence-corrected chi connectivity index (χ1v) is 9.48. The summed E-state index contributed by atoms with van der Waals surface area (Å²) in [7, 11) is 0. The topological polar surface area (TPSA) is 77.1 Å². The van der Waals surface area contributed by atoms with Gasteiger partial charge in [-0.15, -0.1) is 0 Å². The molecule has 0 bridgehead atoms. The monoisotopic (exact) mass is 427 g/mol. The standard InChI is InChI=1S/C21H15Cl2N3O3/c1-12-2-5-18-15(8-12)17(27)10-19(29-18)21(28)25-20-6-7-24-26(20)11-13-3-4-14(22)9-16(13)23/h2-10H,11H2,1H3,(H,25,28). The van der Waals surface area contributed by atoms with Gasteiger partial charge in [0.05, 0.1) is 18.1 Å². The average Bonchev–Trinajstić information content (AvgIpc) is 3.11. The van der Waals surface area contributed by atoms with Crippen LogP contribution in [0.4, 0.5) is 5.82 Å². The zero-order valence-corrected chi connectivity index (χ0v) is 16.8. The summed E-state index contributed by atoms with van der Waals surface area (Å²) in [6, 6.07) is 13.2. The molecule has 0 aliphatic carbocycles. The molecule has 0 aliphatic heterocycles. The molecule has 6 nitrogen and oxygen atoms in total. The van der Waals surface area contributed by atoms with Gasteiger partial charge in [0.25, 0.3) is 5.91 Å². The second kappa shape index (κ2) is 7.73. The molecule has 2 heterocycles. The summed E-state index contributed by atoms with van der Waals surface area (Å²) in [5.41, 5.74) is 1.81. The van der Waals surface area contributed by atoms with Crippen molar-refractivity contribution in [3.8, 4) is 0 Å². The van der Waals surface area contributed by atoms with E-state index in [4.69, 9.17) is 27.6 Å². The molecule has 0 unspecified atom stereocenters. The number of anilines is 1. The van der Waals surface area contributed by atoms with Gasteiger partial charge in [0.2, 0.25) is 0 Å². The third-order valence-corrected chi connectivity index (χ3v) is 4.99. The van der Waals surface area contributed by atoms with Gasteiger partial charge in [0.1, 0.15) is 11.4 Å². The molecule has 1 N–H and O–H groups in total. The van der Waals surface area contributed by atoms with Crippen LogP contribution in [0.5, 0.6) is 0 Å². The van der Waals surface area contributed by atoms with Gasteiger partial charge in [-0.1, -0.05) is 40.9 Å². The fourth-order valence-electron chi connectivity index (χ4n) is 2.94. The number of hydrogen-bond acceptors (Lipinski definition) is 4. The highest BCUT2D eigenvalue weighted by Gasteiger charge is 2.15. The predicted molar refractivity (Wildman–Crippen MR) is 113 cm³/mol. The van der Waals surface area contributed by atoms with Crippen molar-refractivity contribution in [3.05, 3.63) is 91.9 Å². The van der Waals surface area contributed by atoms with E-state index in [1.54, 1.807) is 47.3 Å². The van der Waals surface area contributed by atoms with Crippen molar-refractivity contribution in [3.63, 3.8) is 0 Å². The Balaban J connectivity index is 1.60. The zero-order chi connectivity index (χ0) is 20.5. The fraction of sp³-hybridized carbons (Fsp3) is 0.0952. The molecule has 4 rings (SSSR count). The molecule has 0 spiro atoms. The van der Waals surface area contributed by atoms with E-state index >= 15 is 0 Å².